The Hall–Kier alpha value is -6.09. The third kappa shape index (κ3) is 6.26. The van der Waals surface area contributed by atoms with Crippen LogP contribution in [0.5, 0.6) is 17.2 Å². The Morgan fingerprint density at radius 1 is 0.906 bits per heavy atom. The minimum absolute atomic E-state index is 0.220. The second-order valence-electron chi connectivity index (χ2n) is 12.3. The number of ketones is 1. The van der Waals surface area contributed by atoms with E-state index in [1.165, 1.54) is 0 Å². The maximum Gasteiger partial charge on any atom is 0.280 e. The molecule has 0 amide bonds. The average Bonchev–Trinajstić information content (AvgIpc) is 3.74. The lowest BCUT2D eigenvalue weighted by atomic mass is 9.80. The van der Waals surface area contributed by atoms with Gasteiger partial charge in [0, 0.05) is 0 Å². The summed E-state index contributed by atoms with van der Waals surface area (Å²) < 4.78 is 47.8. The van der Waals surface area contributed by atoms with Crippen LogP contribution >= 0.6 is 0 Å². The van der Waals surface area contributed by atoms with Crippen LogP contribution in [0.25, 0.3) is 11.2 Å². The molecule has 13 nitrogen and oxygen atoms in total. The number of nitrogens with one attached hydrogen (secondary N) is 1. The lowest BCUT2D eigenvalue weighted by molar-refractivity contribution is -0.174. The van der Waals surface area contributed by atoms with Gasteiger partial charge in [-0.1, -0.05) is 72.8 Å². The molecule has 4 N–H and O–H groups in total. The number of carbonyl (C=O) groups is 1. The van der Waals surface area contributed by atoms with E-state index in [0.717, 1.165) is 10.9 Å². The van der Waals surface area contributed by atoms with Gasteiger partial charge in [-0.15, -0.1) is 0 Å². The summed E-state index contributed by atoms with van der Waals surface area (Å²) in [6.07, 6.45) is -4.70. The second-order valence-corrected chi connectivity index (χ2v) is 12.3. The largest absolute Gasteiger partial charge is 0.497 e. The van der Waals surface area contributed by atoms with Gasteiger partial charge in [-0.25, -0.2) is 9.37 Å². The summed E-state index contributed by atoms with van der Waals surface area (Å²) in [5.41, 5.74) is 2.80. The number of hydrogen-bond donors (Lipinski definition) is 3. The van der Waals surface area contributed by atoms with Crippen molar-refractivity contribution in [1.82, 2.24) is 19.5 Å². The first-order valence-electron chi connectivity index (χ1n) is 16.6. The number of rotatable bonds is 13. The van der Waals surface area contributed by atoms with E-state index in [-0.39, 0.29) is 17.1 Å². The number of H-pyrrole nitrogens is 1. The molecular formula is C39H36FN5O8. The highest BCUT2D eigenvalue weighted by Gasteiger charge is 2.62. The number of imidazole rings is 1. The molecule has 0 saturated carbocycles. The molecule has 2 aromatic heterocycles. The number of nitrogens with zero attached hydrogens (tertiary/aromatic N) is 3. The number of para-hydroxylation sites is 1. The molecule has 7 rings (SSSR count). The number of benzene rings is 4. The molecule has 14 heteroatoms. The van der Waals surface area contributed by atoms with Crippen LogP contribution in [0.3, 0.4) is 0 Å². The number of aromatic nitrogens is 4. The third-order valence-corrected chi connectivity index (χ3v) is 9.32. The Labute approximate surface area is 302 Å². The summed E-state index contributed by atoms with van der Waals surface area (Å²) in [4.78, 5) is 37.6. The lowest BCUT2D eigenvalue weighted by Gasteiger charge is -2.37. The Balaban J connectivity index is 1.32. The van der Waals surface area contributed by atoms with Crippen LogP contribution in [0.1, 0.15) is 16.7 Å². The first kappa shape index (κ1) is 35.3. The van der Waals surface area contributed by atoms with Gasteiger partial charge in [-0.2, -0.15) is 4.98 Å². The summed E-state index contributed by atoms with van der Waals surface area (Å²) >= 11 is 0. The van der Waals surface area contributed by atoms with Crippen molar-refractivity contribution < 1.29 is 38.0 Å². The van der Waals surface area contributed by atoms with Crippen LogP contribution in [-0.2, 0) is 25.6 Å². The van der Waals surface area contributed by atoms with Crippen molar-refractivity contribution in [3.8, 4) is 17.2 Å². The first-order chi connectivity index (χ1) is 25.7. The molecule has 0 unspecified atom stereocenters. The molecule has 1 fully saturated rings. The number of Topliss-reactive ketones (excluding diaryl/α,β-unsaturated/α-hetero) is 1. The van der Waals surface area contributed by atoms with Crippen molar-refractivity contribution in [3.63, 3.8) is 0 Å². The molecular weight excluding hydrogens is 685 g/mol. The topological polar surface area (TPSA) is 173 Å². The zero-order chi connectivity index (χ0) is 37.2. The molecule has 0 bridgehead atoms. The molecule has 272 valence electrons. The van der Waals surface area contributed by atoms with Gasteiger partial charge in [-0.05, 0) is 53.1 Å². The van der Waals surface area contributed by atoms with E-state index in [1.807, 2.05) is 54.6 Å². The molecule has 0 aliphatic carbocycles. The average molecular weight is 722 g/mol. The standard InChI is InChI=1S/C39H36FN5O8/c1-49-27-17-13-25(14-18-27)38(24-9-5-3-6-10-24,26-15-19-28(50-2)20-16-26)52-21-30-33(47)34(40)39(53-30,31(46)22-51-29-11-7-4-8-12-29)45-23-42-32-35(45)43-37(41)44-36(32)48/h3-20,23,30,33-34,47H,21-22H2,1-2H3,(H3,41,43,44,48)/t30-,33-,34-,39-/m1/s1. The number of hydrogen-bond acceptors (Lipinski definition) is 11. The zero-order valence-electron chi connectivity index (χ0n) is 28.7. The van der Waals surface area contributed by atoms with E-state index in [2.05, 4.69) is 15.0 Å². The summed E-state index contributed by atoms with van der Waals surface area (Å²) in [6.45, 7) is -1.10. The summed E-state index contributed by atoms with van der Waals surface area (Å²) in [5, 5.41) is 11.6. The second kappa shape index (κ2) is 14.5. The van der Waals surface area contributed by atoms with Crippen LogP contribution in [0.15, 0.2) is 120 Å². The van der Waals surface area contributed by atoms with Gasteiger partial charge in [0.25, 0.3) is 5.56 Å². The number of aromatic amines is 1. The van der Waals surface area contributed by atoms with Crippen molar-refractivity contribution in [2.24, 2.45) is 0 Å². The Morgan fingerprint density at radius 2 is 1.47 bits per heavy atom. The number of alkyl halides is 1. The molecule has 53 heavy (non-hydrogen) atoms. The number of aliphatic hydroxyl groups excluding tert-OH is 1. The number of methoxy groups -OCH3 is 2. The van der Waals surface area contributed by atoms with Gasteiger partial charge in [-0.3, -0.25) is 19.1 Å². The number of halogens is 1. The Bertz CT molecular complexity index is 2200. The number of nitrogen functional groups attached to an aromatic ring is 1. The highest BCUT2D eigenvalue weighted by atomic mass is 19.1. The van der Waals surface area contributed by atoms with Crippen molar-refractivity contribution in [3.05, 3.63) is 143 Å². The Morgan fingerprint density at radius 3 is 2.06 bits per heavy atom. The van der Waals surface area contributed by atoms with Crippen LogP contribution in [0.2, 0.25) is 0 Å². The predicted octanol–water partition coefficient (Wildman–Crippen LogP) is 4.13. The van der Waals surface area contributed by atoms with Crippen molar-refractivity contribution >= 4 is 22.9 Å². The third-order valence-electron chi connectivity index (χ3n) is 9.32. The molecule has 1 saturated heterocycles. The minimum Gasteiger partial charge on any atom is -0.497 e. The predicted molar refractivity (Wildman–Crippen MR) is 192 cm³/mol. The summed E-state index contributed by atoms with van der Waals surface area (Å²) in [5.74, 6) is 0.345. The monoisotopic (exact) mass is 721 g/mol. The smallest absolute Gasteiger partial charge is 0.280 e. The highest BCUT2D eigenvalue weighted by molar-refractivity contribution is 5.89. The Kier molecular flexibility index (Phi) is 9.66. The molecule has 0 spiro atoms. The fourth-order valence-corrected chi connectivity index (χ4v) is 6.68. The van der Waals surface area contributed by atoms with E-state index in [4.69, 9.17) is 29.4 Å². The van der Waals surface area contributed by atoms with Crippen molar-refractivity contribution in [2.75, 3.05) is 33.2 Å². The summed E-state index contributed by atoms with van der Waals surface area (Å²) in [6, 6.07) is 32.4. The van der Waals surface area contributed by atoms with E-state index in [9.17, 15) is 14.7 Å². The molecule has 0 radical (unpaired) electrons. The number of aliphatic hydroxyl groups is 1. The molecule has 1 aliphatic heterocycles. The van der Waals surface area contributed by atoms with Crippen molar-refractivity contribution in [2.45, 2.75) is 29.7 Å². The van der Waals surface area contributed by atoms with E-state index in [1.54, 1.807) is 68.8 Å². The van der Waals surface area contributed by atoms with Crippen LogP contribution in [0.4, 0.5) is 10.3 Å². The lowest BCUT2D eigenvalue weighted by Crippen LogP contribution is -2.51. The maximum absolute atomic E-state index is 17.0. The van der Waals surface area contributed by atoms with Gasteiger partial charge in [0.2, 0.25) is 17.5 Å². The van der Waals surface area contributed by atoms with Crippen LogP contribution in [0, 0.1) is 0 Å². The van der Waals surface area contributed by atoms with Crippen molar-refractivity contribution in [1.29, 1.82) is 0 Å². The fourth-order valence-electron chi connectivity index (χ4n) is 6.68. The van der Waals surface area contributed by atoms with Crippen LogP contribution in [-0.4, -0.2) is 76.2 Å². The quantitative estimate of drug-likeness (QED) is 0.147. The van der Waals surface area contributed by atoms with Crippen LogP contribution < -0.4 is 25.5 Å². The number of fused-ring (bicyclic) bond motifs is 1. The van der Waals surface area contributed by atoms with Gasteiger partial charge in [0.15, 0.2) is 23.9 Å². The summed E-state index contributed by atoms with van der Waals surface area (Å²) in [7, 11) is 3.13. The van der Waals surface area contributed by atoms with E-state index >= 15 is 4.39 Å². The van der Waals surface area contributed by atoms with Gasteiger partial charge < -0.3 is 34.5 Å². The number of anilines is 1. The molecule has 4 atom stereocenters. The van der Waals surface area contributed by atoms with Gasteiger partial charge in [0.05, 0.1) is 20.8 Å². The van der Waals surface area contributed by atoms with Gasteiger partial charge in [0.1, 0.15) is 41.4 Å². The molecule has 3 heterocycles. The van der Waals surface area contributed by atoms with Gasteiger partial charge >= 0.3 is 0 Å². The normalized spacial score (nSPS) is 20.0. The highest BCUT2D eigenvalue weighted by Crippen LogP contribution is 2.45. The minimum atomic E-state index is -2.60. The SMILES string of the molecule is COc1ccc(C(OC[C@H]2O[C@@](C(=O)COc3ccccc3)(n3cnc4c(=O)[nH]c(N)nc43)[C@H](F)[C@@H]2O)(c2ccccc2)c2ccc(OC)cc2)cc1. The van der Waals surface area contributed by atoms with E-state index < -0.39 is 54.3 Å². The number of carbonyl (C=O) groups excluding carboxylic acids is 1. The number of nitrogens with two attached hydrogens (primary N) is 1. The maximum atomic E-state index is 17.0. The zero-order valence-corrected chi connectivity index (χ0v) is 28.7. The first-order valence-corrected chi connectivity index (χ1v) is 16.6. The molecule has 4 aromatic carbocycles. The number of ether oxygens (including phenoxy) is 5. The molecule has 6 aromatic rings. The molecule has 1 aliphatic rings. The van der Waals surface area contributed by atoms with E-state index in [0.29, 0.717) is 33.9 Å². The fraction of sp³-hybridized carbons (Fsp3) is 0.231.